The maximum Gasteiger partial charge on any atom is 0.308 e. The van der Waals surface area contributed by atoms with Gasteiger partial charge in [0.2, 0.25) is 0 Å². The summed E-state index contributed by atoms with van der Waals surface area (Å²) in [5, 5.41) is 2.06. The third-order valence-electron chi connectivity index (χ3n) is 6.10. The van der Waals surface area contributed by atoms with Gasteiger partial charge in [-0.25, -0.2) is 0 Å². The first-order valence-electron chi connectivity index (χ1n) is 12.3. The highest BCUT2D eigenvalue weighted by atomic mass is 79.9. The number of benzene rings is 3. The largest absolute Gasteiger partial charge is 0.492 e. The van der Waals surface area contributed by atoms with Crippen molar-refractivity contribution in [1.82, 2.24) is 0 Å². The van der Waals surface area contributed by atoms with E-state index in [-0.39, 0.29) is 5.97 Å². The molecule has 0 spiro atoms. The van der Waals surface area contributed by atoms with Crippen molar-refractivity contribution in [2.75, 3.05) is 13.2 Å². The fourth-order valence-corrected chi connectivity index (χ4v) is 3.93. The smallest absolute Gasteiger partial charge is 0.308 e. The standard InChI is InChI=1S/C30H35BrO4/c1-6-20(3)18-33-29-24(11-8-23-9-13-25(14-10-23)35-22(5)32)12-15-27-26(29)16-17-28(31)30(27)34-19-21(4)7-2/h8-17,20-21H,6-7,18-19H2,1-5H3/b11-8+/t20-,21-/m0/s1. The van der Waals surface area contributed by atoms with Crippen LogP contribution in [-0.4, -0.2) is 19.2 Å². The molecular formula is C30H35BrO4. The van der Waals surface area contributed by atoms with Gasteiger partial charge in [0.15, 0.2) is 0 Å². The van der Waals surface area contributed by atoms with Gasteiger partial charge in [0.25, 0.3) is 0 Å². The zero-order chi connectivity index (χ0) is 25.4. The first-order chi connectivity index (χ1) is 16.8. The predicted octanol–water partition coefficient (Wildman–Crippen LogP) is 8.55. The molecule has 0 aliphatic rings. The first kappa shape index (κ1) is 26.8. The van der Waals surface area contributed by atoms with Crippen LogP contribution >= 0.6 is 15.9 Å². The molecule has 3 rings (SSSR count). The molecule has 0 N–H and O–H groups in total. The Morgan fingerprint density at radius 1 is 0.829 bits per heavy atom. The van der Waals surface area contributed by atoms with Crippen LogP contribution < -0.4 is 14.2 Å². The molecule has 5 heteroatoms. The van der Waals surface area contributed by atoms with Gasteiger partial charge in [-0.3, -0.25) is 4.79 Å². The van der Waals surface area contributed by atoms with Gasteiger partial charge >= 0.3 is 5.97 Å². The van der Waals surface area contributed by atoms with Crippen LogP contribution in [0.15, 0.2) is 53.0 Å². The first-order valence-corrected chi connectivity index (χ1v) is 13.1. The molecule has 0 unspecified atom stereocenters. The number of halogens is 1. The van der Waals surface area contributed by atoms with Crippen molar-refractivity contribution in [1.29, 1.82) is 0 Å². The second kappa shape index (κ2) is 12.8. The maximum atomic E-state index is 11.2. The van der Waals surface area contributed by atoms with Crippen LogP contribution in [0.25, 0.3) is 22.9 Å². The van der Waals surface area contributed by atoms with Crippen molar-refractivity contribution in [2.24, 2.45) is 11.8 Å². The normalized spacial score (nSPS) is 13.1. The fraction of sp³-hybridized carbons (Fsp3) is 0.367. The summed E-state index contributed by atoms with van der Waals surface area (Å²) in [5.41, 5.74) is 2.00. The Morgan fingerprint density at radius 3 is 2.00 bits per heavy atom. The van der Waals surface area contributed by atoms with Crippen LogP contribution in [0, 0.1) is 11.8 Å². The Bertz CT molecular complexity index is 1170. The molecule has 0 aromatic heterocycles. The third kappa shape index (κ3) is 7.35. The molecule has 4 nitrogen and oxygen atoms in total. The second-order valence-electron chi connectivity index (χ2n) is 9.10. The molecule has 35 heavy (non-hydrogen) atoms. The topological polar surface area (TPSA) is 44.8 Å². The van der Waals surface area contributed by atoms with Crippen LogP contribution in [0.2, 0.25) is 0 Å². The van der Waals surface area contributed by atoms with Crippen molar-refractivity contribution in [3.63, 3.8) is 0 Å². The van der Waals surface area contributed by atoms with Gasteiger partial charge in [-0.05, 0) is 63.7 Å². The predicted molar refractivity (Wildman–Crippen MR) is 148 cm³/mol. The highest BCUT2D eigenvalue weighted by molar-refractivity contribution is 9.10. The molecule has 0 saturated heterocycles. The lowest BCUT2D eigenvalue weighted by molar-refractivity contribution is -0.131. The van der Waals surface area contributed by atoms with Crippen molar-refractivity contribution >= 4 is 44.8 Å². The lowest BCUT2D eigenvalue weighted by atomic mass is 10.0. The molecule has 186 valence electrons. The van der Waals surface area contributed by atoms with E-state index >= 15 is 0 Å². The lowest BCUT2D eigenvalue weighted by Crippen LogP contribution is -2.09. The van der Waals surface area contributed by atoms with Crippen molar-refractivity contribution in [3.8, 4) is 17.2 Å². The molecule has 3 aromatic carbocycles. The Labute approximate surface area is 217 Å². The fourth-order valence-electron chi connectivity index (χ4n) is 3.47. The van der Waals surface area contributed by atoms with Gasteiger partial charge in [-0.15, -0.1) is 0 Å². The maximum absolute atomic E-state index is 11.2. The number of rotatable bonds is 11. The van der Waals surface area contributed by atoms with E-state index < -0.39 is 0 Å². The summed E-state index contributed by atoms with van der Waals surface area (Å²) < 4.78 is 18.7. The zero-order valence-corrected chi connectivity index (χ0v) is 22.9. The van der Waals surface area contributed by atoms with Gasteiger partial charge < -0.3 is 14.2 Å². The molecule has 0 fully saturated rings. The second-order valence-corrected chi connectivity index (χ2v) is 9.95. The summed E-state index contributed by atoms with van der Waals surface area (Å²) in [6.45, 7) is 11.5. The number of carbonyl (C=O) groups is 1. The molecule has 0 amide bonds. The molecular weight excluding hydrogens is 504 g/mol. The monoisotopic (exact) mass is 538 g/mol. The van der Waals surface area contributed by atoms with E-state index in [9.17, 15) is 4.79 Å². The molecule has 0 aliphatic heterocycles. The van der Waals surface area contributed by atoms with E-state index in [1.54, 1.807) is 12.1 Å². The molecule has 0 radical (unpaired) electrons. The average molecular weight is 540 g/mol. The summed E-state index contributed by atoms with van der Waals surface area (Å²) in [5.74, 6) is 2.85. The van der Waals surface area contributed by atoms with Gasteiger partial charge in [-0.2, -0.15) is 0 Å². The minimum absolute atomic E-state index is 0.327. The highest BCUT2D eigenvalue weighted by Crippen LogP contribution is 2.40. The van der Waals surface area contributed by atoms with Crippen molar-refractivity contribution in [2.45, 2.75) is 47.5 Å². The summed E-state index contributed by atoms with van der Waals surface area (Å²) in [7, 11) is 0. The van der Waals surface area contributed by atoms with E-state index in [1.165, 1.54) is 6.92 Å². The summed E-state index contributed by atoms with van der Waals surface area (Å²) in [6.07, 6.45) is 6.23. The summed E-state index contributed by atoms with van der Waals surface area (Å²) in [4.78, 5) is 11.2. The summed E-state index contributed by atoms with van der Waals surface area (Å²) in [6, 6.07) is 15.7. The molecule has 2 atom stereocenters. The quantitative estimate of drug-likeness (QED) is 0.139. The van der Waals surface area contributed by atoms with Crippen LogP contribution in [-0.2, 0) is 4.79 Å². The van der Waals surface area contributed by atoms with Crippen LogP contribution in [0.1, 0.15) is 58.6 Å². The molecule has 0 heterocycles. The van der Waals surface area contributed by atoms with Gasteiger partial charge in [0.1, 0.15) is 17.2 Å². The lowest BCUT2D eigenvalue weighted by Gasteiger charge is -2.19. The third-order valence-corrected chi connectivity index (χ3v) is 6.72. The number of fused-ring (bicyclic) bond motifs is 1. The highest BCUT2D eigenvalue weighted by Gasteiger charge is 2.15. The van der Waals surface area contributed by atoms with Gasteiger partial charge in [-0.1, -0.05) is 70.9 Å². The molecule has 0 aliphatic carbocycles. The van der Waals surface area contributed by atoms with E-state index in [1.807, 2.05) is 24.3 Å². The zero-order valence-electron chi connectivity index (χ0n) is 21.3. The number of hydrogen-bond acceptors (Lipinski definition) is 4. The van der Waals surface area contributed by atoms with Gasteiger partial charge in [0.05, 0.1) is 17.7 Å². The molecule has 0 bridgehead atoms. The van der Waals surface area contributed by atoms with E-state index in [0.717, 1.165) is 50.7 Å². The molecule has 3 aromatic rings. The van der Waals surface area contributed by atoms with E-state index in [4.69, 9.17) is 14.2 Å². The Balaban J connectivity index is 1.99. The van der Waals surface area contributed by atoms with Crippen molar-refractivity contribution in [3.05, 3.63) is 64.1 Å². The van der Waals surface area contributed by atoms with E-state index in [0.29, 0.717) is 30.8 Å². The minimum atomic E-state index is -0.327. The molecule has 0 saturated carbocycles. The summed E-state index contributed by atoms with van der Waals surface area (Å²) >= 11 is 3.68. The van der Waals surface area contributed by atoms with Gasteiger partial charge in [0, 0.05) is 23.3 Å². The van der Waals surface area contributed by atoms with Crippen LogP contribution in [0.4, 0.5) is 0 Å². The Hall–Kier alpha value is -2.79. The number of carbonyl (C=O) groups excluding carboxylic acids is 1. The number of ether oxygens (including phenoxy) is 3. The SMILES string of the molecule is CC[C@H](C)COc1c(Br)ccc2c(OC[C@@H](C)CC)c(/C=C/c3ccc(OC(C)=O)cc3)ccc12. The number of hydrogen-bond donors (Lipinski definition) is 0. The Morgan fingerprint density at radius 2 is 1.40 bits per heavy atom. The van der Waals surface area contributed by atoms with Crippen molar-refractivity contribution < 1.29 is 19.0 Å². The average Bonchev–Trinajstić information content (AvgIpc) is 2.85. The minimum Gasteiger partial charge on any atom is -0.492 e. The van der Waals surface area contributed by atoms with Crippen LogP contribution in [0.5, 0.6) is 17.2 Å². The van der Waals surface area contributed by atoms with Crippen LogP contribution in [0.3, 0.4) is 0 Å². The number of esters is 1. The Kier molecular flexibility index (Phi) is 9.79. The van der Waals surface area contributed by atoms with E-state index in [2.05, 4.69) is 67.9 Å².